The summed E-state index contributed by atoms with van der Waals surface area (Å²) in [6.07, 6.45) is 6.42. The van der Waals surface area contributed by atoms with Crippen molar-refractivity contribution in [3.8, 4) is 11.3 Å². The standard InChI is InChI=1S/C29H29F2N7O/c1-20-5-8-24(16-27(20)36-28-34-15-12-26(35-28)21-4-3-13-32-17-21)38(19-39)23-9-6-22(7-10-23)29(30,31)37(2)25-11-14-33-18-25/h3-10,12-13,15-17,19,25,33H,11,14,18H2,1-2H3,(H,34,35,36). The molecule has 1 aliphatic heterocycles. The van der Waals surface area contributed by atoms with Gasteiger partial charge in [0.2, 0.25) is 12.4 Å². The minimum atomic E-state index is -3.13. The molecule has 0 aliphatic carbocycles. The maximum absolute atomic E-state index is 15.2. The normalized spacial score (nSPS) is 15.4. The first-order chi connectivity index (χ1) is 18.9. The Labute approximate surface area is 225 Å². The van der Waals surface area contributed by atoms with Gasteiger partial charge in [0.05, 0.1) is 11.4 Å². The molecule has 3 heterocycles. The Kier molecular flexibility index (Phi) is 7.58. The van der Waals surface area contributed by atoms with Crippen LogP contribution in [-0.2, 0) is 10.8 Å². The summed E-state index contributed by atoms with van der Waals surface area (Å²) < 4.78 is 30.3. The lowest BCUT2D eigenvalue weighted by Crippen LogP contribution is -2.44. The summed E-state index contributed by atoms with van der Waals surface area (Å²) in [5, 5.41) is 6.35. The second kappa shape index (κ2) is 11.2. The molecule has 0 radical (unpaired) electrons. The van der Waals surface area contributed by atoms with Crippen molar-refractivity contribution in [1.82, 2.24) is 25.2 Å². The zero-order valence-electron chi connectivity index (χ0n) is 21.7. The van der Waals surface area contributed by atoms with Gasteiger partial charge in [-0.05, 0) is 87.1 Å². The van der Waals surface area contributed by atoms with Crippen LogP contribution in [0.3, 0.4) is 0 Å². The van der Waals surface area contributed by atoms with Gasteiger partial charge in [0.15, 0.2) is 0 Å². The molecule has 5 rings (SSSR count). The van der Waals surface area contributed by atoms with E-state index in [0.717, 1.165) is 28.3 Å². The lowest BCUT2D eigenvalue weighted by Gasteiger charge is -2.32. The van der Waals surface area contributed by atoms with Crippen LogP contribution in [0.1, 0.15) is 17.5 Å². The van der Waals surface area contributed by atoms with Crippen molar-refractivity contribution in [3.05, 3.63) is 90.4 Å². The number of aryl methyl sites for hydroxylation is 1. The maximum Gasteiger partial charge on any atom is 0.331 e. The molecule has 1 atom stereocenters. The third kappa shape index (κ3) is 5.62. The highest BCUT2D eigenvalue weighted by Gasteiger charge is 2.41. The van der Waals surface area contributed by atoms with Gasteiger partial charge in [0.25, 0.3) is 0 Å². The first-order valence-electron chi connectivity index (χ1n) is 12.6. The highest BCUT2D eigenvalue weighted by Crippen LogP contribution is 2.36. The van der Waals surface area contributed by atoms with Crippen molar-refractivity contribution >= 4 is 29.4 Å². The fraction of sp³-hybridized carbons (Fsp3) is 0.241. The lowest BCUT2D eigenvalue weighted by molar-refractivity contribution is -0.158. The van der Waals surface area contributed by atoms with Crippen LogP contribution >= 0.6 is 0 Å². The molecule has 2 aromatic carbocycles. The first-order valence-corrected chi connectivity index (χ1v) is 12.6. The van der Waals surface area contributed by atoms with E-state index in [0.29, 0.717) is 42.4 Å². The number of anilines is 4. The van der Waals surface area contributed by atoms with Gasteiger partial charge in [-0.1, -0.05) is 6.07 Å². The van der Waals surface area contributed by atoms with E-state index in [1.54, 1.807) is 36.8 Å². The number of aromatic nitrogens is 3. The molecule has 0 spiro atoms. The van der Waals surface area contributed by atoms with Crippen LogP contribution < -0.4 is 15.5 Å². The number of carbonyl (C=O) groups excluding carboxylic acids is 1. The topological polar surface area (TPSA) is 86.3 Å². The minimum absolute atomic E-state index is 0.122. The number of carbonyl (C=O) groups is 1. The second-order valence-electron chi connectivity index (χ2n) is 9.45. The van der Waals surface area contributed by atoms with Crippen molar-refractivity contribution in [2.75, 3.05) is 30.4 Å². The minimum Gasteiger partial charge on any atom is -0.324 e. The molecule has 1 aliphatic rings. The van der Waals surface area contributed by atoms with Crippen molar-refractivity contribution in [1.29, 1.82) is 0 Å². The van der Waals surface area contributed by atoms with Crippen molar-refractivity contribution in [2.24, 2.45) is 0 Å². The molecule has 39 heavy (non-hydrogen) atoms. The average molecular weight is 530 g/mol. The number of halogens is 2. The van der Waals surface area contributed by atoms with E-state index in [2.05, 4.69) is 25.6 Å². The largest absolute Gasteiger partial charge is 0.331 e. The van der Waals surface area contributed by atoms with Gasteiger partial charge in [-0.3, -0.25) is 14.7 Å². The molecule has 1 saturated heterocycles. The van der Waals surface area contributed by atoms with Gasteiger partial charge < -0.3 is 10.6 Å². The molecule has 8 nitrogen and oxygen atoms in total. The van der Waals surface area contributed by atoms with Gasteiger partial charge in [0, 0.05) is 53.7 Å². The van der Waals surface area contributed by atoms with Crippen LogP contribution in [0, 0.1) is 6.92 Å². The predicted molar refractivity (Wildman–Crippen MR) is 147 cm³/mol. The molecule has 1 unspecified atom stereocenters. The zero-order chi connectivity index (χ0) is 27.4. The van der Waals surface area contributed by atoms with E-state index < -0.39 is 6.05 Å². The van der Waals surface area contributed by atoms with Crippen LogP contribution in [0.25, 0.3) is 11.3 Å². The van der Waals surface area contributed by atoms with Crippen LogP contribution in [0.5, 0.6) is 0 Å². The number of nitrogens with zero attached hydrogens (tertiary/aromatic N) is 5. The Morgan fingerprint density at radius 2 is 1.87 bits per heavy atom. The van der Waals surface area contributed by atoms with Crippen LogP contribution in [0.2, 0.25) is 0 Å². The number of rotatable bonds is 9. The van der Waals surface area contributed by atoms with Crippen LogP contribution in [-0.4, -0.2) is 52.4 Å². The number of nitrogens with one attached hydrogen (secondary N) is 2. The molecule has 0 bridgehead atoms. The first kappa shape index (κ1) is 26.3. The maximum atomic E-state index is 15.2. The Morgan fingerprint density at radius 3 is 2.56 bits per heavy atom. The number of alkyl halides is 2. The van der Waals surface area contributed by atoms with Gasteiger partial charge >= 0.3 is 6.05 Å². The molecular weight excluding hydrogens is 500 g/mol. The van der Waals surface area contributed by atoms with Crippen molar-refractivity contribution in [3.63, 3.8) is 0 Å². The molecule has 1 fully saturated rings. The molecular formula is C29H29F2N7O. The predicted octanol–water partition coefficient (Wildman–Crippen LogP) is 5.23. The summed E-state index contributed by atoms with van der Waals surface area (Å²) in [6.45, 7) is 3.19. The summed E-state index contributed by atoms with van der Waals surface area (Å²) in [5.74, 6) is 0.391. The monoisotopic (exact) mass is 529 g/mol. The molecule has 200 valence electrons. The smallest absolute Gasteiger partial charge is 0.324 e. The Morgan fingerprint density at radius 1 is 1.08 bits per heavy atom. The number of amides is 1. The van der Waals surface area contributed by atoms with E-state index >= 15 is 8.78 Å². The summed E-state index contributed by atoms with van der Waals surface area (Å²) in [7, 11) is 1.44. The molecule has 0 saturated carbocycles. The molecule has 4 aromatic rings. The van der Waals surface area contributed by atoms with Crippen LogP contribution in [0.4, 0.5) is 31.8 Å². The van der Waals surface area contributed by atoms with E-state index in [4.69, 9.17) is 0 Å². The summed E-state index contributed by atoms with van der Waals surface area (Å²) in [5.41, 5.74) is 4.12. The number of likely N-dealkylation sites (N-methyl/N-ethyl adjacent to an activating group) is 1. The van der Waals surface area contributed by atoms with E-state index in [9.17, 15) is 4.79 Å². The molecule has 2 N–H and O–H groups in total. The van der Waals surface area contributed by atoms with Crippen molar-refractivity contribution in [2.45, 2.75) is 25.4 Å². The number of hydrogen-bond donors (Lipinski definition) is 2. The SMILES string of the molecule is Cc1ccc(N(C=O)c2ccc(C(F)(F)N(C)C3CCNC3)cc2)cc1Nc1nccc(-c2cccnc2)n1. The van der Waals surface area contributed by atoms with Gasteiger partial charge in [-0.15, -0.1) is 0 Å². The number of benzene rings is 2. The zero-order valence-corrected chi connectivity index (χ0v) is 21.7. The Bertz CT molecular complexity index is 1430. The molecule has 2 aromatic heterocycles. The summed E-state index contributed by atoms with van der Waals surface area (Å²) >= 11 is 0. The van der Waals surface area contributed by atoms with Gasteiger partial charge in [0.1, 0.15) is 0 Å². The fourth-order valence-corrected chi connectivity index (χ4v) is 4.61. The second-order valence-corrected chi connectivity index (χ2v) is 9.45. The Hall–Kier alpha value is -4.28. The highest BCUT2D eigenvalue weighted by atomic mass is 19.3. The fourth-order valence-electron chi connectivity index (χ4n) is 4.61. The Balaban J connectivity index is 1.37. The quantitative estimate of drug-likeness (QED) is 0.227. The third-order valence-electron chi connectivity index (χ3n) is 6.98. The third-order valence-corrected chi connectivity index (χ3v) is 6.98. The number of pyridine rings is 1. The van der Waals surface area contributed by atoms with Crippen molar-refractivity contribution < 1.29 is 13.6 Å². The summed E-state index contributed by atoms with van der Waals surface area (Å²) in [6, 6.07) is 13.5. The van der Waals surface area contributed by atoms with Gasteiger partial charge in [-0.25, -0.2) is 14.9 Å². The van der Waals surface area contributed by atoms with Crippen LogP contribution in [0.15, 0.2) is 79.3 Å². The lowest BCUT2D eigenvalue weighted by atomic mass is 10.1. The van der Waals surface area contributed by atoms with E-state index in [-0.39, 0.29) is 11.6 Å². The van der Waals surface area contributed by atoms with E-state index in [1.165, 1.54) is 36.2 Å². The van der Waals surface area contributed by atoms with Gasteiger partial charge in [-0.2, -0.15) is 8.78 Å². The molecule has 10 heteroatoms. The summed E-state index contributed by atoms with van der Waals surface area (Å²) in [4.78, 5) is 27.7. The highest BCUT2D eigenvalue weighted by molar-refractivity contribution is 5.88. The number of hydrogen-bond acceptors (Lipinski definition) is 7. The average Bonchev–Trinajstić information content (AvgIpc) is 3.51. The molecule has 1 amide bonds. The van der Waals surface area contributed by atoms with E-state index in [1.807, 2.05) is 25.1 Å².